The van der Waals surface area contributed by atoms with Crippen molar-refractivity contribution in [3.8, 4) is 22.5 Å². The predicted octanol–water partition coefficient (Wildman–Crippen LogP) is 5.41. The molecule has 0 unspecified atom stereocenters. The number of pyridine rings is 1. The van der Waals surface area contributed by atoms with Crippen molar-refractivity contribution in [2.45, 2.75) is 33.1 Å². The second-order valence-electron chi connectivity index (χ2n) is 9.74. The van der Waals surface area contributed by atoms with Gasteiger partial charge in [-0.3, -0.25) is 4.79 Å². The van der Waals surface area contributed by atoms with Gasteiger partial charge >= 0.3 is 6.03 Å². The Balaban J connectivity index is 1.88. The first-order valence-electron chi connectivity index (χ1n) is 11.7. The van der Waals surface area contributed by atoms with Crippen molar-refractivity contribution in [1.29, 1.82) is 0 Å². The number of aromatic nitrogens is 3. The van der Waals surface area contributed by atoms with Crippen LogP contribution in [0.3, 0.4) is 0 Å². The second kappa shape index (κ2) is 9.97. The smallest absolute Gasteiger partial charge is 0.325 e. The molecule has 0 aliphatic rings. The number of hydrogen-bond donors (Lipinski definition) is 2. The van der Waals surface area contributed by atoms with Crippen LogP contribution in [0.25, 0.3) is 22.5 Å². The fourth-order valence-corrected chi connectivity index (χ4v) is 3.90. The molecule has 4 aromatic rings. The number of nitrogens with zero attached hydrogens (tertiary/aromatic N) is 4. The Morgan fingerprint density at radius 1 is 0.921 bits per heavy atom. The lowest BCUT2D eigenvalue weighted by Crippen LogP contribution is -2.33. The molecule has 0 atom stereocenters. The van der Waals surface area contributed by atoms with Crippen LogP contribution in [0.1, 0.15) is 42.5 Å². The van der Waals surface area contributed by atoms with Crippen molar-refractivity contribution >= 4 is 23.4 Å². The van der Waals surface area contributed by atoms with Crippen molar-refractivity contribution < 1.29 is 18.4 Å². The third kappa shape index (κ3) is 5.19. The molecule has 0 saturated heterocycles. The average Bonchev–Trinajstić information content (AvgIpc) is 2.84. The Hall–Kier alpha value is -4.73. The molecule has 0 fully saturated rings. The summed E-state index contributed by atoms with van der Waals surface area (Å²) in [6.07, 6.45) is 1.67. The van der Waals surface area contributed by atoms with Crippen LogP contribution in [0, 0.1) is 18.6 Å². The fraction of sp³-hybridized carbons (Fsp3) is 0.179. The zero-order valence-electron chi connectivity index (χ0n) is 21.3. The molecule has 4 N–H and O–H groups in total. The Morgan fingerprint density at radius 2 is 1.66 bits per heavy atom. The maximum absolute atomic E-state index is 14.7. The van der Waals surface area contributed by atoms with E-state index in [0.29, 0.717) is 34.4 Å². The maximum Gasteiger partial charge on any atom is 0.325 e. The minimum absolute atomic E-state index is 0.0135. The monoisotopic (exact) mass is 516 g/mol. The Bertz CT molecular complexity index is 1570. The van der Waals surface area contributed by atoms with Crippen LogP contribution in [0.5, 0.6) is 0 Å². The quantitative estimate of drug-likeness (QED) is 0.367. The number of carbonyl (C=O) groups excluding carboxylic acids is 2. The van der Waals surface area contributed by atoms with Gasteiger partial charge in [-0.25, -0.2) is 33.4 Å². The zero-order valence-corrected chi connectivity index (χ0v) is 21.3. The molecule has 8 nitrogen and oxygen atoms in total. The van der Waals surface area contributed by atoms with E-state index in [1.165, 1.54) is 12.1 Å². The number of anilines is 2. The number of urea groups is 1. The molecule has 38 heavy (non-hydrogen) atoms. The lowest BCUT2D eigenvalue weighted by Gasteiger charge is -2.23. The zero-order chi connectivity index (χ0) is 27.8. The summed E-state index contributed by atoms with van der Waals surface area (Å²) >= 11 is 0. The Labute approximate surface area is 218 Å². The SMILES string of the molecule is Cc1ccc(-c2ccnc(C(C)(C)C)n2)cc1N(C(N)=O)c1ccc(C(N)=O)c(-c2ccc(F)cc2F)n1. The van der Waals surface area contributed by atoms with Crippen molar-refractivity contribution in [1.82, 2.24) is 15.0 Å². The van der Waals surface area contributed by atoms with E-state index in [1.54, 1.807) is 31.3 Å². The average molecular weight is 517 g/mol. The fourth-order valence-electron chi connectivity index (χ4n) is 3.90. The Kier molecular flexibility index (Phi) is 6.91. The minimum Gasteiger partial charge on any atom is -0.366 e. The van der Waals surface area contributed by atoms with E-state index in [1.807, 2.05) is 26.8 Å². The number of aryl methyl sites for hydroxylation is 1. The first-order valence-corrected chi connectivity index (χ1v) is 11.7. The van der Waals surface area contributed by atoms with E-state index < -0.39 is 23.6 Å². The van der Waals surface area contributed by atoms with E-state index in [4.69, 9.17) is 11.5 Å². The summed E-state index contributed by atoms with van der Waals surface area (Å²) in [6, 6.07) is 11.8. The number of nitrogens with two attached hydrogens (primary N) is 2. The highest BCUT2D eigenvalue weighted by atomic mass is 19.1. The topological polar surface area (TPSA) is 128 Å². The number of primary amides is 2. The van der Waals surface area contributed by atoms with Gasteiger partial charge in [-0.2, -0.15) is 0 Å². The van der Waals surface area contributed by atoms with Crippen LogP contribution in [0.15, 0.2) is 60.8 Å². The summed E-state index contributed by atoms with van der Waals surface area (Å²) in [4.78, 5) is 39.4. The molecular weight excluding hydrogens is 490 g/mol. The van der Waals surface area contributed by atoms with Crippen LogP contribution < -0.4 is 16.4 Å². The first-order chi connectivity index (χ1) is 17.9. The minimum atomic E-state index is -0.945. The van der Waals surface area contributed by atoms with E-state index in [-0.39, 0.29) is 28.1 Å². The van der Waals surface area contributed by atoms with Gasteiger partial charge in [0.05, 0.1) is 22.6 Å². The summed E-state index contributed by atoms with van der Waals surface area (Å²) in [5.74, 6) is -1.95. The van der Waals surface area contributed by atoms with E-state index >= 15 is 0 Å². The molecule has 2 aromatic heterocycles. The molecule has 0 radical (unpaired) electrons. The van der Waals surface area contributed by atoms with Gasteiger partial charge < -0.3 is 11.5 Å². The molecule has 0 aliphatic carbocycles. The molecule has 3 amide bonds. The van der Waals surface area contributed by atoms with Gasteiger partial charge in [-0.05, 0) is 48.9 Å². The molecule has 4 rings (SSSR count). The summed E-state index contributed by atoms with van der Waals surface area (Å²) in [7, 11) is 0. The number of benzene rings is 2. The van der Waals surface area contributed by atoms with Gasteiger partial charge in [-0.1, -0.05) is 32.9 Å². The third-order valence-corrected chi connectivity index (χ3v) is 5.85. The summed E-state index contributed by atoms with van der Waals surface area (Å²) in [5.41, 5.74) is 13.0. The van der Waals surface area contributed by atoms with Crippen molar-refractivity contribution in [3.63, 3.8) is 0 Å². The van der Waals surface area contributed by atoms with Crippen LogP contribution in [0.2, 0.25) is 0 Å². The van der Waals surface area contributed by atoms with Crippen LogP contribution in [-0.4, -0.2) is 26.9 Å². The van der Waals surface area contributed by atoms with Gasteiger partial charge in [0, 0.05) is 28.8 Å². The molecule has 0 aliphatic heterocycles. The highest BCUT2D eigenvalue weighted by Gasteiger charge is 2.24. The van der Waals surface area contributed by atoms with Gasteiger partial charge in [0.15, 0.2) is 0 Å². The number of rotatable bonds is 5. The predicted molar refractivity (Wildman–Crippen MR) is 141 cm³/mol. The normalized spacial score (nSPS) is 11.3. The first kappa shape index (κ1) is 26.3. The molecule has 10 heteroatoms. The summed E-state index contributed by atoms with van der Waals surface area (Å²) in [6.45, 7) is 7.80. The number of halogens is 2. The van der Waals surface area contributed by atoms with Crippen LogP contribution >= 0.6 is 0 Å². The standard InChI is InChI=1S/C28H26F2N6O2/c1-15-5-6-16(21-11-12-33-26(34-21)28(2,3)4)13-22(15)36(27(32)38)23-10-9-19(25(31)37)24(35-23)18-8-7-17(29)14-20(18)30/h5-14H,1-4H3,(H2,31,37)(H2,32,38). The molecular formula is C28H26F2N6O2. The van der Waals surface area contributed by atoms with Gasteiger partial charge in [0.25, 0.3) is 5.91 Å². The summed E-state index contributed by atoms with van der Waals surface area (Å²) < 4.78 is 28.2. The highest BCUT2D eigenvalue weighted by molar-refractivity contribution is 6.02. The van der Waals surface area contributed by atoms with Gasteiger partial charge in [0.2, 0.25) is 0 Å². The van der Waals surface area contributed by atoms with Gasteiger partial charge in [0.1, 0.15) is 23.3 Å². The molecule has 0 spiro atoms. The molecule has 2 heterocycles. The molecule has 2 aromatic carbocycles. The van der Waals surface area contributed by atoms with E-state index in [2.05, 4.69) is 15.0 Å². The lowest BCUT2D eigenvalue weighted by molar-refractivity contribution is 0.100. The summed E-state index contributed by atoms with van der Waals surface area (Å²) in [5, 5.41) is 0. The number of hydrogen-bond acceptors (Lipinski definition) is 5. The molecule has 0 saturated carbocycles. The Morgan fingerprint density at radius 3 is 2.29 bits per heavy atom. The number of carbonyl (C=O) groups is 2. The largest absolute Gasteiger partial charge is 0.366 e. The maximum atomic E-state index is 14.7. The lowest BCUT2D eigenvalue weighted by atomic mass is 9.95. The van der Waals surface area contributed by atoms with Crippen molar-refractivity contribution in [3.05, 3.63) is 89.4 Å². The van der Waals surface area contributed by atoms with E-state index in [9.17, 15) is 18.4 Å². The van der Waals surface area contributed by atoms with Crippen molar-refractivity contribution in [2.24, 2.45) is 11.5 Å². The van der Waals surface area contributed by atoms with Crippen molar-refractivity contribution in [2.75, 3.05) is 4.90 Å². The second-order valence-corrected chi connectivity index (χ2v) is 9.74. The third-order valence-electron chi connectivity index (χ3n) is 5.85. The number of amides is 3. The molecule has 0 bridgehead atoms. The van der Waals surface area contributed by atoms with E-state index in [0.717, 1.165) is 17.0 Å². The molecule has 194 valence electrons. The highest BCUT2D eigenvalue weighted by Crippen LogP contribution is 2.34. The van der Waals surface area contributed by atoms with Crippen LogP contribution in [0.4, 0.5) is 25.1 Å². The van der Waals surface area contributed by atoms with Gasteiger partial charge in [-0.15, -0.1) is 0 Å². The van der Waals surface area contributed by atoms with Crippen LogP contribution in [-0.2, 0) is 5.41 Å².